The molecule has 0 saturated carbocycles. The number of benzene rings is 1. The van der Waals surface area contributed by atoms with Gasteiger partial charge in [-0.1, -0.05) is 44.5 Å². The van der Waals surface area contributed by atoms with Crippen molar-refractivity contribution >= 4 is 5.97 Å². The summed E-state index contributed by atoms with van der Waals surface area (Å²) >= 11 is 0. The van der Waals surface area contributed by atoms with E-state index in [-0.39, 0.29) is 5.92 Å². The lowest BCUT2D eigenvalue weighted by molar-refractivity contribution is -0.153. The predicted octanol–water partition coefficient (Wildman–Crippen LogP) is 3.68. The number of hydrogen-bond donors (Lipinski definition) is 1. The minimum atomic E-state index is -0.613. The number of carboxylic acids is 1. The van der Waals surface area contributed by atoms with Crippen LogP contribution in [0.15, 0.2) is 24.3 Å². The first-order valence-electron chi connectivity index (χ1n) is 6.90. The molecular formula is C16H22O2. The number of fused-ring (bicyclic) bond motifs is 1. The number of carbonyl (C=O) groups is 1. The summed E-state index contributed by atoms with van der Waals surface area (Å²) in [6.07, 6.45) is 4.42. The Morgan fingerprint density at radius 1 is 1.39 bits per heavy atom. The van der Waals surface area contributed by atoms with E-state index < -0.39 is 11.4 Å². The minimum Gasteiger partial charge on any atom is -0.481 e. The van der Waals surface area contributed by atoms with E-state index in [2.05, 4.69) is 26.0 Å². The molecule has 1 N–H and O–H groups in total. The van der Waals surface area contributed by atoms with Gasteiger partial charge < -0.3 is 5.11 Å². The number of aryl methyl sites for hydroxylation is 1. The number of aliphatic carboxylic acids is 1. The molecule has 2 atom stereocenters. The maximum atomic E-state index is 11.8. The lowest BCUT2D eigenvalue weighted by atomic mass is 9.64. The molecule has 0 radical (unpaired) electrons. The minimum absolute atomic E-state index is 0.244. The fourth-order valence-electron chi connectivity index (χ4n) is 3.28. The summed E-state index contributed by atoms with van der Waals surface area (Å²) in [4.78, 5) is 11.8. The number of rotatable bonds is 4. The zero-order valence-electron chi connectivity index (χ0n) is 11.3. The third-order valence-electron chi connectivity index (χ3n) is 4.56. The van der Waals surface area contributed by atoms with Crippen LogP contribution in [0.1, 0.15) is 44.2 Å². The van der Waals surface area contributed by atoms with Gasteiger partial charge in [0.05, 0.1) is 5.41 Å². The highest BCUT2D eigenvalue weighted by Crippen LogP contribution is 2.43. The molecule has 0 saturated heterocycles. The lowest BCUT2D eigenvalue weighted by Gasteiger charge is -2.39. The summed E-state index contributed by atoms with van der Waals surface area (Å²) in [5, 5.41) is 9.71. The van der Waals surface area contributed by atoms with Crippen LogP contribution in [0.3, 0.4) is 0 Å². The third-order valence-corrected chi connectivity index (χ3v) is 4.56. The van der Waals surface area contributed by atoms with Gasteiger partial charge in [0.15, 0.2) is 0 Å². The van der Waals surface area contributed by atoms with Gasteiger partial charge in [0.2, 0.25) is 0 Å². The van der Waals surface area contributed by atoms with Crippen molar-refractivity contribution < 1.29 is 9.90 Å². The molecule has 2 heteroatoms. The Kier molecular flexibility index (Phi) is 3.74. The summed E-state index contributed by atoms with van der Waals surface area (Å²) in [6.45, 7) is 4.23. The van der Waals surface area contributed by atoms with E-state index in [0.717, 1.165) is 25.7 Å². The highest BCUT2D eigenvalue weighted by atomic mass is 16.4. The Labute approximate surface area is 109 Å². The zero-order valence-corrected chi connectivity index (χ0v) is 11.3. The summed E-state index contributed by atoms with van der Waals surface area (Å²) in [6, 6.07) is 8.28. The number of carboxylic acid groups (broad SMARTS) is 1. The molecule has 0 amide bonds. The summed E-state index contributed by atoms with van der Waals surface area (Å²) in [5.74, 6) is -0.369. The average molecular weight is 246 g/mol. The van der Waals surface area contributed by atoms with Crippen LogP contribution in [0.25, 0.3) is 0 Å². The Balaban J connectivity index is 2.32. The SMILES string of the molecule is CCCC(C)C1(C(=O)O)CCc2ccccc2C1. The molecule has 2 rings (SSSR count). The van der Waals surface area contributed by atoms with Crippen molar-refractivity contribution in [3.63, 3.8) is 0 Å². The molecular weight excluding hydrogens is 224 g/mol. The van der Waals surface area contributed by atoms with E-state index in [0.29, 0.717) is 6.42 Å². The molecule has 0 aliphatic heterocycles. The molecule has 1 aliphatic rings. The highest BCUT2D eigenvalue weighted by molar-refractivity contribution is 5.76. The van der Waals surface area contributed by atoms with Crippen molar-refractivity contribution in [2.24, 2.45) is 11.3 Å². The van der Waals surface area contributed by atoms with Crippen LogP contribution < -0.4 is 0 Å². The van der Waals surface area contributed by atoms with Crippen molar-refractivity contribution in [2.45, 2.75) is 46.0 Å². The maximum absolute atomic E-state index is 11.8. The second-order valence-corrected chi connectivity index (χ2v) is 5.60. The molecule has 0 heterocycles. The van der Waals surface area contributed by atoms with Gasteiger partial charge in [0.25, 0.3) is 0 Å². The predicted molar refractivity (Wildman–Crippen MR) is 72.6 cm³/mol. The fourth-order valence-corrected chi connectivity index (χ4v) is 3.28. The molecule has 1 aliphatic carbocycles. The van der Waals surface area contributed by atoms with Crippen molar-refractivity contribution in [2.75, 3.05) is 0 Å². The molecule has 1 aromatic rings. The largest absolute Gasteiger partial charge is 0.481 e. The molecule has 2 unspecified atom stereocenters. The van der Waals surface area contributed by atoms with Gasteiger partial charge in [0.1, 0.15) is 0 Å². The second-order valence-electron chi connectivity index (χ2n) is 5.60. The zero-order chi connectivity index (χ0) is 13.2. The summed E-state index contributed by atoms with van der Waals surface area (Å²) in [7, 11) is 0. The van der Waals surface area contributed by atoms with Gasteiger partial charge in [-0.3, -0.25) is 4.79 Å². The molecule has 0 spiro atoms. The van der Waals surface area contributed by atoms with E-state index in [1.807, 2.05) is 12.1 Å². The van der Waals surface area contributed by atoms with E-state index in [9.17, 15) is 9.90 Å². The van der Waals surface area contributed by atoms with Crippen LogP contribution in [-0.2, 0) is 17.6 Å². The Hall–Kier alpha value is -1.31. The van der Waals surface area contributed by atoms with Gasteiger partial charge in [-0.25, -0.2) is 0 Å². The van der Waals surface area contributed by atoms with E-state index in [1.165, 1.54) is 11.1 Å². The van der Waals surface area contributed by atoms with Gasteiger partial charge in [-0.2, -0.15) is 0 Å². The van der Waals surface area contributed by atoms with Crippen LogP contribution >= 0.6 is 0 Å². The number of hydrogen-bond acceptors (Lipinski definition) is 1. The standard InChI is InChI=1S/C16H22O2/c1-3-6-12(2)16(15(17)18)10-9-13-7-4-5-8-14(13)11-16/h4-5,7-8,12H,3,6,9-11H2,1-2H3,(H,17,18). The van der Waals surface area contributed by atoms with Gasteiger partial charge >= 0.3 is 5.97 Å². The van der Waals surface area contributed by atoms with Crippen LogP contribution in [0.5, 0.6) is 0 Å². The monoisotopic (exact) mass is 246 g/mol. The van der Waals surface area contributed by atoms with Crippen molar-refractivity contribution in [3.8, 4) is 0 Å². The summed E-state index contributed by atoms with van der Waals surface area (Å²) < 4.78 is 0. The quantitative estimate of drug-likeness (QED) is 0.879. The molecule has 0 aromatic heterocycles. The summed E-state index contributed by atoms with van der Waals surface area (Å²) in [5.41, 5.74) is 2.01. The van der Waals surface area contributed by atoms with Crippen LogP contribution in [0, 0.1) is 11.3 Å². The van der Waals surface area contributed by atoms with Crippen molar-refractivity contribution in [1.82, 2.24) is 0 Å². The fraction of sp³-hybridized carbons (Fsp3) is 0.562. The topological polar surface area (TPSA) is 37.3 Å². The van der Waals surface area contributed by atoms with E-state index in [1.54, 1.807) is 0 Å². The Morgan fingerprint density at radius 2 is 2.06 bits per heavy atom. The van der Waals surface area contributed by atoms with Gasteiger partial charge in [-0.15, -0.1) is 0 Å². The first kappa shape index (κ1) is 13.1. The Bertz CT molecular complexity index is 438. The molecule has 0 fully saturated rings. The van der Waals surface area contributed by atoms with Crippen LogP contribution in [0.4, 0.5) is 0 Å². The average Bonchev–Trinajstić information content (AvgIpc) is 2.38. The first-order valence-corrected chi connectivity index (χ1v) is 6.90. The molecule has 1 aromatic carbocycles. The van der Waals surface area contributed by atoms with E-state index >= 15 is 0 Å². The lowest BCUT2D eigenvalue weighted by Crippen LogP contribution is -2.42. The maximum Gasteiger partial charge on any atom is 0.310 e. The van der Waals surface area contributed by atoms with Gasteiger partial charge in [-0.05, 0) is 42.7 Å². The van der Waals surface area contributed by atoms with Crippen molar-refractivity contribution in [1.29, 1.82) is 0 Å². The molecule has 2 nitrogen and oxygen atoms in total. The first-order chi connectivity index (χ1) is 8.60. The van der Waals surface area contributed by atoms with Gasteiger partial charge in [0, 0.05) is 0 Å². The smallest absolute Gasteiger partial charge is 0.310 e. The Morgan fingerprint density at radius 3 is 2.67 bits per heavy atom. The van der Waals surface area contributed by atoms with Crippen LogP contribution in [-0.4, -0.2) is 11.1 Å². The molecule has 98 valence electrons. The normalized spacial score (nSPS) is 24.3. The third kappa shape index (κ3) is 2.16. The second kappa shape index (κ2) is 5.13. The highest BCUT2D eigenvalue weighted by Gasteiger charge is 2.45. The van der Waals surface area contributed by atoms with E-state index in [4.69, 9.17) is 0 Å². The molecule has 18 heavy (non-hydrogen) atoms. The van der Waals surface area contributed by atoms with Crippen LogP contribution in [0.2, 0.25) is 0 Å². The van der Waals surface area contributed by atoms with Crippen molar-refractivity contribution in [3.05, 3.63) is 35.4 Å². The molecule has 0 bridgehead atoms.